The second-order valence-electron chi connectivity index (χ2n) is 4.06. The van der Waals surface area contributed by atoms with Gasteiger partial charge < -0.3 is 4.98 Å². The molecule has 0 aliphatic heterocycles. The molecule has 0 saturated carbocycles. The van der Waals surface area contributed by atoms with Crippen molar-refractivity contribution in [3.63, 3.8) is 0 Å². The van der Waals surface area contributed by atoms with Crippen molar-refractivity contribution >= 4 is 15.9 Å². The van der Waals surface area contributed by atoms with Gasteiger partial charge in [0.15, 0.2) is 0 Å². The van der Waals surface area contributed by atoms with Crippen molar-refractivity contribution in [1.82, 2.24) is 15.0 Å². The Balaban J connectivity index is 2.32. The Bertz CT molecular complexity index is 581. The third-order valence-electron chi connectivity index (χ3n) is 2.56. The molecule has 2 aromatic heterocycles. The smallest absolute Gasteiger partial charge is 0.265 e. The predicted octanol–water partition coefficient (Wildman–Crippen LogP) is 2.47. The Hall–Kier alpha value is -1.49. The van der Waals surface area contributed by atoms with Crippen molar-refractivity contribution < 1.29 is 0 Å². The Morgan fingerprint density at radius 3 is 2.94 bits per heavy atom. The number of aryl methyl sites for hydroxylation is 1. The summed E-state index contributed by atoms with van der Waals surface area (Å²) in [5, 5.41) is 0. The largest absolute Gasteiger partial charge is 0.309 e. The molecule has 0 fully saturated rings. The third kappa shape index (κ3) is 3.04. The topological polar surface area (TPSA) is 58.6 Å². The molecule has 0 bridgehead atoms. The minimum absolute atomic E-state index is 0.118. The van der Waals surface area contributed by atoms with Gasteiger partial charge in [-0.3, -0.25) is 9.78 Å². The molecule has 0 unspecified atom stereocenters. The molecule has 2 aromatic rings. The van der Waals surface area contributed by atoms with Gasteiger partial charge in [0.2, 0.25) is 0 Å². The van der Waals surface area contributed by atoms with Gasteiger partial charge in [-0.25, -0.2) is 4.98 Å². The molecule has 18 heavy (non-hydrogen) atoms. The van der Waals surface area contributed by atoms with Crippen LogP contribution in [0.15, 0.2) is 33.8 Å². The van der Waals surface area contributed by atoms with Crippen LogP contribution in [0.1, 0.15) is 30.4 Å². The Morgan fingerprint density at radius 2 is 2.28 bits per heavy atom. The van der Waals surface area contributed by atoms with Crippen molar-refractivity contribution in [2.24, 2.45) is 0 Å². The van der Waals surface area contributed by atoms with Gasteiger partial charge in [0.05, 0.1) is 5.69 Å². The first-order chi connectivity index (χ1) is 8.70. The van der Waals surface area contributed by atoms with Crippen LogP contribution in [0, 0.1) is 0 Å². The van der Waals surface area contributed by atoms with Gasteiger partial charge in [0.1, 0.15) is 10.3 Å². The number of aromatic amines is 1. The third-order valence-corrected chi connectivity index (χ3v) is 3.38. The summed E-state index contributed by atoms with van der Waals surface area (Å²) in [6.07, 6.45) is 5.85. The van der Waals surface area contributed by atoms with Crippen molar-refractivity contribution in [2.75, 3.05) is 0 Å². The van der Waals surface area contributed by atoms with Crippen molar-refractivity contribution in [1.29, 1.82) is 0 Å². The quantitative estimate of drug-likeness (QED) is 0.944. The molecule has 0 saturated heterocycles. The van der Waals surface area contributed by atoms with Crippen LogP contribution in [0.3, 0.4) is 0 Å². The molecule has 0 aliphatic rings. The number of hydrogen-bond donors (Lipinski definition) is 1. The highest BCUT2D eigenvalue weighted by molar-refractivity contribution is 9.10. The standard InChI is InChI=1S/C13H14BrN3O/c1-2-4-10-12(14)13(18)17-11(16-10)7-9-5-3-6-15-8-9/h3,5-6,8H,2,4,7H2,1H3,(H,16,17,18). The maximum atomic E-state index is 11.8. The maximum absolute atomic E-state index is 11.8. The number of nitrogens with zero attached hydrogens (tertiary/aromatic N) is 2. The average Bonchev–Trinajstić information content (AvgIpc) is 2.37. The van der Waals surface area contributed by atoms with Gasteiger partial charge in [0, 0.05) is 18.8 Å². The first-order valence-corrected chi connectivity index (χ1v) is 6.66. The highest BCUT2D eigenvalue weighted by Crippen LogP contribution is 2.12. The average molecular weight is 308 g/mol. The number of halogens is 1. The molecule has 2 heterocycles. The monoisotopic (exact) mass is 307 g/mol. The Labute approximate surface area is 114 Å². The van der Waals surface area contributed by atoms with Gasteiger partial charge in [-0.05, 0) is 34.0 Å². The van der Waals surface area contributed by atoms with Crippen LogP contribution >= 0.6 is 15.9 Å². The second kappa shape index (κ2) is 5.91. The van der Waals surface area contributed by atoms with Crippen molar-refractivity contribution in [2.45, 2.75) is 26.2 Å². The van der Waals surface area contributed by atoms with E-state index in [2.05, 4.69) is 37.8 Å². The molecule has 2 rings (SSSR count). The SMILES string of the molecule is CCCc1nc(Cc2cccnc2)[nH]c(=O)c1Br. The number of pyridine rings is 1. The molecule has 0 radical (unpaired) electrons. The number of rotatable bonds is 4. The number of hydrogen-bond acceptors (Lipinski definition) is 3. The number of H-pyrrole nitrogens is 1. The molecule has 0 aliphatic carbocycles. The van der Waals surface area contributed by atoms with E-state index in [4.69, 9.17) is 0 Å². The molecular weight excluding hydrogens is 294 g/mol. The molecule has 4 nitrogen and oxygen atoms in total. The number of nitrogens with one attached hydrogen (secondary N) is 1. The highest BCUT2D eigenvalue weighted by Gasteiger charge is 2.08. The van der Waals surface area contributed by atoms with E-state index in [0.29, 0.717) is 16.7 Å². The van der Waals surface area contributed by atoms with Crippen LogP contribution < -0.4 is 5.56 Å². The maximum Gasteiger partial charge on any atom is 0.265 e. The Morgan fingerprint density at radius 1 is 1.44 bits per heavy atom. The lowest BCUT2D eigenvalue weighted by Gasteiger charge is -2.05. The molecule has 0 aromatic carbocycles. The molecule has 0 atom stereocenters. The van der Waals surface area contributed by atoms with E-state index in [-0.39, 0.29) is 5.56 Å². The van der Waals surface area contributed by atoms with E-state index in [0.717, 1.165) is 24.1 Å². The van der Waals surface area contributed by atoms with Crippen LogP contribution in [0.5, 0.6) is 0 Å². The Kier molecular flexibility index (Phi) is 4.25. The zero-order chi connectivity index (χ0) is 13.0. The van der Waals surface area contributed by atoms with Gasteiger partial charge in [0.25, 0.3) is 5.56 Å². The van der Waals surface area contributed by atoms with E-state index in [1.54, 1.807) is 12.4 Å². The van der Waals surface area contributed by atoms with Crippen LogP contribution in [0.25, 0.3) is 0 Å². The molecule has 5 heteroatoms. The first kappa shape index (κ1) is 13.0. The van der Waals surface area contributed by atoms with Gasteiger partial charge in [-0.15, -0.1) is 0 Å². The summed E-state index contributed by atoms with van der Waals surface area (Å²) in [7, 11) is 0. The van der Waals surface area contributed by atoms with E-state index < -0.39 is 0 Å². The zero-order valence-corrected chi connectivity index (χ0v) is 11.7. The molecule has 0 amide bonds. The van der Waals surface area contributed by atoms with Crippen molar-refractivity contribution in [3.05, 3.63) is 56.4 Å². The summed E-state index contributed by atoms with van der Waals surface area (Å²) in [5.41, 5.74) is 1.73. The van der Waals surface area contributed by atoms with Crippen molar-refractivity contribution in [3.8, 4) is 0 Å². The summed E-state index contributed by atoms with van der Waals surface area (Å²) in [5.74, 6) is 0.680. The predicted molar refractivity (Wildman–Crippen MR) is 73.6 cm³/mol. The summed E-state index contributed by atoms with van der Waals surface area (Å²) < 4.78 is 0.541. The number of aromatic nitrogens is 3. The molecule has 0 spiro atoms. The van der Waals surface area contributed by atoms with Crippen LogP contribution in [0.2, 0.25) is 0 Å². The summed E-state index contributed by atoms with van der Waals surface area (Å²) in [6.45, 7) is 2.07. The first-order valence-electron chi connectivity index (χ1n) is 5.87. The minimum Gasteiger partial charge on any atom is -0.309 e. The van der Waals surface area contributed by atoms with E-state index >= 15 is 0 Å². The molecule has 94 valence electrons. The van der Waals surface area contributed by atoms with E-state index in [1.807, 2.05) is 12.1 Å². The lowest BCUT2D eigenvalue weighted by Crippen LogP contribution is -2.16. The van der Waals surface area contributed by atoms with Gasteiger partial charge in [-0.1, -0.05) is 19.4 Å². The normalized spacial score (nSPS) is 10.6. The fraction of sp³-hybridized carbons (Fsp3) is 0.308. The molecule has 1 N–H and O–H groups in total. The lowest BCUT2D eigenvalue weighted by molar-refractivity contribution is 0.822. The highest BCUT2D eigenvalue weighted by atomic mass is 79.9. The summed E-state index contributed by atoms with van der Waals surface area (Å²) >= 11 is 3.28. The summed E-state index contributed by atoms with van der Waals surface area (Å²) in [4.78, 5) is 23.1. The summed E-state index contributed by atoms with van der Waals surface area (Å²) in [6, 6.07) is 3.84. The van der Waals surface area contributed by atoms with Crippen LogP contribution in [-0.4, -0.2) is 15.0 Å². The van der Waals surface area contributed by atoms with Crippen LogP contribution in [-0.2, 0) is 12.8 Å². The lowest BCUT2D eigenvalue weighted by atomic mass is 10.2. The van der Waals surface area contributed by atoms with Gasteiger partial charge >= 0.3 is 0 Å². The molecular formula is C13H14BrN3O. The minimum atomic E-state index is -0.118. The van der Waals surface area contributed by atoms with E-state index in [9.17, 15) is 4.79 Å². The second-order valence-corrected chi connectivity index (χ2v) is 4.85. The van der Waals surface area contributed by atoms with Gasteiger partial charge in [-0.2, -0.15) is 0 Å². The van der Waals surface area contributed by atoms with E-state index in [1.165, 1.54) is 0 Å². The van der Waals surface area contributed by atoms with Crippen LogP contribution in [0.4, 0.5) is 0 Å². The fourth-order valence-electron chi connectivity index (χ4n) is 1.74. The zero-order valence-electron chi connectivity index (χ0n) is 10.1. The fourth-order valence-corrected chi connectivity index (χ4v) is 2.13.